The van der Waals surface area contributed by atoms with Crippen LogP contribution in [-0.4, -0.2) is 14.1 Å². The summed E-state index contributed by atoms with van der Waals surface area (Å²) in [5, 5.41) is 92.9. The molecular weight excluding hydrogens is 985 g/mol. The van der Waals surface area contributed by atoms with E-state index in [1.165, 1.54) is 0 Å². The summed E-state index contributed by atoms with van der Waals surface area (Å²) >= 11 is 0. The lowest BCUT2D eigenvalue weighted by molar-refractivity contribution is 1.06. The summed E-state index contributed by atoms with van der Waals surface area (Å²) in [5.74, 6) is 0.532. The lowest BCUT2D eigenvalue weighted by atomic mass is 9.97. The average molecular weight is 1020 g/mol. The molecular formula is C68H30N12. The van der Waals surface area contributed by atoms with Gasteiger partial charge in [0.2, 0.25) is 0 Å². The Balaban J connectivity index is 1.13. The molecule has 0 amide bonds. The third-order valence-corrected chi connectivity index (χ3v) is 14.3. The third-order valence-electron chi connectivity index (χ3n) is 14.3. The molecule has 0 saturated heterocycles. The van der Waals surface area contributed by atoms with Gasteiger partial charge < -0.3 is 4.57 Å². The largest absolute Gasteiger partial charge is 0.307 e. The van der Waals surface area contributed by atoms with E-state index in [2.05, 4.69) is 63.8 Å². The fourth-order valence-electron chi connectivity index (χ4n) is 10.7. The van der Waals surface area contributed by atoms with Crippen molar-refractivity contribution in [2.24, 2.45) is 0 Å². The smallest absolute Gasteiger partial charge is 0.138 e. The van der Waals surface area contributed by atoms with Gasteiger partial charge in [-0.15, -0.1) is 0 Å². The number of hydrogen-bond donors (Lipinski definition) is 0. The molecule has 0 fully saturated rings. The number of aromatic nitrogens is 3. The lowest BCUT2D eigenvalue weighted by Crippen LogP contribution is -2.03. The molecule has 0 N–H and O–H groups in total. The van der Waals surface area contributed by atoms with E-state index in [-0.39, 0.29) is 0 Å². The Bertz CT molecular complexity index is 4750. The maximum atomic E-state index is 10.3. The first-order chi connectivity index (χ1) is 39.1. The van der Waals surface area contributed by atoms with E-state index in [9.17, 15) is 47.4 Å². The first-order valence-electron chi connectivity index (χ1n) is 24.7. The Morgan fingerprint density at radius 3 is 0.875 bits per heavy atom. The molecule has 9 aromatic carbocycles. The zero-order valence-corrected chi connectivity index (χ0v) is 41.7. The van der Waals surface area contributed by atoms with E-state index in [0.717, 1.165) is 77.0 Å². The van der Waals surface area contributed by atoms with Crippen molar-refractivity contribution in [2.75, 3.05) is 0 Å². The van der Waals surface area contributed by atoms with E-state index in [0.29, 0.717) is 83.8 Å². The standard InChI is InChI=1S/C68H30N12/c69-30-40-2-1-3-53(16-40)58-29-68(80-65-10-6-51(56-21-45(35-74)14-46(22-56)36-75)27-61(65)62-28-52(7-11-66(62)80)57-23-47(37-76)15-48(24-57)38-77)78-39-67(58)79-63-8-4-49(54-17-41(31-70)12-42(18-54)32-71)25-59(63)60-26-50(5-9-64(60)79)55-19-43(33-72)13-44(20-55)34-73/h1-29,39H. The highest BCUT2D eigenvalue weighted by atomic mass is 15.1. The number of rotatable bonds is 7. The number of pyridine rings is 1. The van der Waals surface area contributed by atoms with Gasteiger partial charge in [-0.3, -0.25) is 4.57 Å². The molecule has 0 saturated carbocycles. The lowest BCUT2D eigenvalue weighted by Gasteiger charge is -2.17. The van der Waals surface area contributed by atoms with Crippen molar-refractivity contribution in [3.63, 3.8) is 0 Å². The molecule has 3 aromatic heterocycles. The van der Waals surface area contributed by atoms with Crippen LogP contribution in [-0.2, 0) is 0 Å². The van der Waals surface area contributed by atoms with Crippen LogP contribution in [0.1, 0.15) is 50.1 Å². The molecule has 0 aliphatic heterocycles. The van der Waals surface area contributed by atoms with Crippen LogP contribution in [0.15, 0.2) is 182 Å². The van der Waals surface area contributed by atoms with Crippen LogP contribution in [0.5, 0.6) is 0 Å². The maximum absolute atomic E-state index is 10.3. The van der Waals surface area contributed by atoms with Gasteiger partial charge in [-0.05, 0) is 190 Å². The Kier molecular flexibility index (Phi) is 11.7. The summed E-state index contributed by atoms with van der Waals surface area (Å²) in [6.07, 6.45) is 1.81. The van der Waals surface area contributed by atoms with Gasteiger partial charge in [0, 0.05) is 27.1 Å². The molecule has 0 spiro atoms. The van der Waals surface area contributed by atoms with Crippen LogP contribution < -0.4 is 0 Å². The second-order valence-electron chi connectivity index (χ2n) is 18.9. The first kappa shape index (κ1) is 48.1. The van der Waals surface area contributed by atoms with Crippen LogP contribution >= 0.6 is 0 Å². The van der Waals surface area contributed by atoms with E-state index in [1.807, 2.05) is 103 Å². The van der Waals surface area contributed by atoms with Gasteiger partial charge in [0.25, 0.3) is 0 Å². The fourth-order valence-corrected chi connectivity index (χ4v) is 10.7. The van der Waals surface area contributed by atoms with Crippen molar-refractivity contribution in [2.45, 2.75) is 0 Å². The molecule has 12 nitrogen and oxygen atoms in total. The van der Waals surface area contributed by atoms with Crippen molar-refractivity contribution in [1.29, 1.82) is 47.4 Å². The number of fused-ring (bicyclic) bond motifs is 6. The Hall–Kier alpha value is -12.9. The average Bonchev–Trinajstić information content (AvgIpc) is 4.07. The zero-order chi connectivity index (χ0) is 55.2. The Morgan fingerprint density at radius 1 is 0.263 bits per heavy atom. The molecule has 12 heteroatoms. The van der Waals surface area contributed by atoms with Crippen molar-refractivity contribution in [3.05, 3.63) is 232 Å². The van der Waals surface area contributed by atoms with E-state index >= 15 is 0 Å². The van der Waals surface area contributed by atoms with Gasteiger partial charge in [0.1, 0.15) is 5.82 Å². The molecule has 3 heterocycles. The van der Waals surface area contributed by atoms with Gasteiger partial charge in [-0.2, -0.15) is 47.4 Å². The minimum absolute atomic E-state index is 0.341. The van der Waals surface area contributed by atoms with Crippen LogP contribution in [0.4, 0.5) is 0 Å². The molecule has 12 aromatic rings. The second-order valence-corrected chi connectivity index (χ2v) is 18.9. The van der Waals surface area contributed by atoms with Crippen molar-refractivity contribution in [1.82, 2.24) is 14.1 Å². The molecule has 0 bridgehead atoms. The molecule has 0 unspecified atom stereocenters. The molecule has 362 valence electrons. The van der Waals surface area contributed by atoms with Gasteiger partial charge in [-0.1, -0.05) is 36.4 Å². The van der Waals surface area contributed by atoms with Crippen molar-refractivity contribution >= 4 is 43.6 Å². The Labute approximate surface area is 456 Å². The van der Waals surface area contributed by atoms with Crippen LogP contribution in [0, 0.1) is 102 Å². The van der Waals surface area contributed by atoms with Crippen LogP contribution in [0.3, 0.4) is 0 Å². The summed E-state index contributed by atoms with van der Waals surface area (Å²) < 4.78 is 4.17. The predicted molar refractivity (Wildman–Crippen MR) is 303 cm³/mol. The summed E-state index contributed by atoms with van der Waals surface area (Å²) in [6, 6.07) is 73.0. The van der Waals surface area contributed by atoms with Gasteiger partial charge >= 0.3 is 0 Å². The predicted octanol–water partition coefficient (Wildman–Crippen LogP) is 14.5. The fraction of sp³-hybridized carbons (Fsp3) is 0. The van der Waals surface area contributed by atoms with E-state index in [1.54, 1.807) is 78.9 Å². The molecule has 0 aliphatic rings. The minimum atomic E-state index is 0.341. The summed E-state index contributed by atoms with van der Waals surface area (Å²) in [4.78, 5) is 5.29. The second kappa shape index (κ2) is 19.4. The summed E-state index contributed by atoms with van der Waals surface area (Å²) in [6.45, 7) is 0. The number of nitrogens with zero attached hydrogens (tertiary/aromatic N) is 12. The van der Waals surface area contributed by atoms with Crippen molar-refractivity contribution in [3.8, 4) is 122 Å². The first-order valence-corrected chi connectivity index (χ1v) is 24.7. The molecule has 12 rings (SSSR count). The van der Waals surface area contributed by atoms with E-state index in [4.69, 9.17) is 4.98 Å². The quantitative estimate of drug-likeness (QED) is 0.146. The minimum Gasteiger partial charge on any atom is -0.307 e. The van der Waals surface area contributed by atoms with Gasteiger partial charge in [0.05, 0.1) is 139 Å². The third kappa shape index (κ3) is 8.26. The molecule has 0 aliphatic carbocycles. The van der Waals surface area contributed by atoms with Crippen LogP contribution in [0.2, 0.25) is 0 Å². The highest BCUT2D eigenvalue weighted by Gasteiger charge is 2.23. The monoisotopic (exact) mass is 1010 g/mol. The summed E-state index contributed by atoms with van der Waals surface area (Å²) in [7, 11) is 0. The molecule has 80 heavy (non-hydrogen) atoms. The Morgan fingerprint density at radius 2 is 0.562 bits per heavy atom. The molecule has 0 radical (unpaired) electrons. The highest BCUT2D eigenvalue weighted by Crippen LogP contribution is 2.43. The zero-order valence-electron chi connectivity index (χ0n) is 41.7. The van der Waals surface area contributed by atoms with E-state index < -0.39 is 0 Å². The van der Waals surface area contributed by atoms with Crippen molar-refractivity contribution < 1.29 is 0 Å². The summed E-state index contributed by atoms with van der Waals surface area (Å²) in [5.41, 5.74) is 14.1. The number of hydrogen-bond acceptors (Lipinski definition) is 10. The SMILES string of the molecule is N#Cc1cc(C#N)cc(-c2ccc3c(c2)c2cc(-c4cc(C#N)cc(C#N)c4)ccc2n3-c2cc(-c3cccc(C#N)c3)c(-n3c4ccc(-c5cc(C#N)cc(C#N)c5)cc4c4cc(-c5cc(C#N)cc(C#N)c5)ccc43)cn2)c1. The van der Waals surface area contributed by atoms with Gasteiger partial charge in [0.15, 0.2) is 0 Å². The molecule has 0 atom stereocenters. The number of nitriles is 9. The highest BCUT2D eigenvalue weighted by molar-refractivity contribution is 6.13. The maximum Gasteiger partial charge on any atom is 0.138 e. The van der Waals surface area contributed by atoms with Crippen LogP contribution in [0.25, 0.3) is 111 Å². The normalized spacial score (nSPS) is 10.6. The number of benzene rings is 9. The topological polar surface area (TPSA) is 237 Å². The van der Waals surface area contributed by atoms with Gasteiger partial charge in [-0.25, -0.2) is 4.98 Å².